The van der Waals surface area contributed by atoms with Crippen molar-refractivity contribution < 1.29 is 14.6 Å². The Hall–Kier alpha value is -1.35. The molecule has 0 radical (unpaired) electrons. The molecule has 0 amide bonds. The van der Waals surface area contributed by atoms with Crippen LogP contribution in [0.4, 0.5) is 0 Å². The van der Waals surface area contributed by atoms with Crippen molar-refractivity contribution in [2.45, 2.75) is 32.8 Å². The molecule has 0 saturated heterocycles. The van der Waals surface area contributed by atoms with E-state index in [1.54, 1.807) is 0 Å². The minimum atomic E-state index is -0.0793. The van der Waals surface area contributed by atoms with Gasteiger partial charge >= 0.3 is 5.97 Å². The topological polar surface area (TPSA) is 46.5 Å². The number of hydrogen-bond acceptors (Lipinski definition) is 3. The van der Waals surface area contributed by atoms with Gasteiger partial charge in [-0.2, -0.15) is 0 Å². The van der Waals surface area contributed by atoms with E-state index in [0.29, 0.717) is 6.61 Å². The van der Waals surface area contributed by atoms with Crippen LogP contribution in [-0.4, -0.2) is 17.7 Å². The molecule has 1 N–H and O–H groups in total. The second-order valence-electron chi connectivity index (χ2n) is 4.45. The van der Waals surface area contributed by atoms with Gasteiger partial charge in [0.05, 0.1) is 19.1 Å². The number of aryl methyl sites for hydroxylation is 1. The van der Waals surface area contributed by atoms with Gasteiger partial charge in [-0.3, -0.25) is 4.79 Å². The molecule has 1 aliphatic rings. The summed E-state index contributed by atoms with van der Waals surface area (Å²) in [5, 5.41) is 9.08. The molecule has 0 fully saturated rings. The minimum absolute atomic E-state index is 0.00225. The van der Waals surface area contributed by atoms with Gasteiger partial charge in [-0.25, -0.2) is 0 Å². The fourth-order valence-electron chi connectivity index (χ4n) is 2.37. The van der Waals surface area contributed by atoms with Gasteiger partial charge in [-0.15, -0.1) is 0 Å². The van der Waals surface area contributed by atoms with Gasteiger partial charge in [0, 0.05) is 0 Å². The van der Waals surface area contributed by atoms with Crippen molar-refractivity contribution in [2.75, 3.05) is 6.61 Å². The highest BCUT2D eigenvalue weighted by Crippen LogP contribution is 2.27. The second kappa shape index (κ2) is 5.32. The highest BCUT2D eigenvalue weighted by Gasteiger charge is 2.25. The van der Waals surface area contributed by atoms with E-state index < -0.39 is 0 Å². The molecule has 0 spiro atoms. The van der Waals surface area contributed by atoms with Crippen molar-refractivity contribution in [3.05, 3.63) is 34.9 Å². The van der Waals surface area contributed by atoms with Gasteiger partial charge in [0.1, 0.15) is 0 Å². The first-order valence-electron chi connectivity index (χ1n) is 6.12. The molecular weight excluding hydrogens is 216 g/mol. The molecule has 1 aromatic carbocycles. The smallest absolute Gasteiger partial charge is 0.309 e. The molecule has 0 unspecified atom stereocenters. The zero-order chi connectivity index (χ0) is 12.3. The first-order chi connectivity index (χ1) is 8.24. The SMILES string of the molecule is CCOC(=O)[C@H]1CCc2cc(CO)ccc2C1. The Kier molecular flexibility index (Phi) is 3.79. The number of ether oxygens (including phenoxy) is 1. The predicted octanol–water partition coefficient (Wildman–Crippen LogP) is 1.85. The lowest BCUT2D eigenvalue weighted by molar-refractivity contribution is -0.148. The number of aliphatic hydroxyl groups is 1. The third-order valence-electron chi connectivity index (χ3n) is 3.30. The fraction of sp³-hybridized carbons (Fsp3) is 0.500. The summed E-state index contributed by atoms with van der Waals surface area (Å²) in [6, 6.07) is 5.98. The fourth-order valence-corrected chi connectivity index (χ4v) is 2.37. The van der Waals surface area contributed by atoms with Gasteiger partial charge in [0.2, 0.25) is 0 Å². The number of carbonyl (C=O) groups is 1. The van der Waals surface area contributed by atoms with E-state index >= 15 is 0 Å². The first kappa shape index (κ1) is 12.1. The number of rotatable bonds is 3. The molecule has 1 aromatic rings. The molecule has 3 nitrogen and oxygen atoms in total. The molecule has 2 rings (SSSR count). The molecule has 17 heavy (non-hydrogen) atoms. The normalized spacial score (nSPS) is 18.6. The zero-order valence-corrected chi connectivity index (χ0v) is 10.1. The molecule has 0 aliphatic heterocycles. The van der Waals surface area contributed by atoms with E-state index in [1.165, 1.54) is 11.1 Å². The third kappa shape index (κ3) is 2.67. The van der Waals surface area contributed by atoms with E-state index in [0.717, 1.165) is 24.8 Å². The summed E-state index contributed by atoms with van der Waals surface area (Å²) < 4.78 is 5.06. The van der Waals surface area contributed by atoms with Gasteiger partial charge in [-0.05, 0) is 42.9 Å². The van der Waals surface area contributed by atoms with E-state index in [2.05, 4.69) is 0 Å². The molecule has 0 heterocycles. The number of benzene rings is 1. The average Bonchev–Trinajstić information content (AvgIpc) is 2.37. The van der Waals surface area contributed by atoms with Crippen molar-refractivity contribution in [1.82, 2.24) is 0 Å². The predicted molar refractivity (Wildman–Crippen MR) is 64.5 cm³/mol. The van der Waals surface area contributed by atoms with Crippen LogP contribution < -0.4 is 0 Å². The van der Waals surface area contributed by atoms with Crippen LogP contribution in [0.15, 0.2) is 18.2 Å². The van der Waals surface area contributed by atoms with Gasteiger partial charge in [0.15, 0.2) is 0 Å². The Labute approximate surface area is 101 Å². The second-order valence-corrected chi connectivity index (χ2v) is 4.45. The monoisotopic (exact) mass is 234 g/mol. The molecule has 0 bridgehead atoms. The summed E-state index contributed by atoms with van der Waals surface area (Å²) in [5.41, 5.74) is 3.42. The number of carbonyl (C=O) groups excluding carboxylic acids is 1. The van der Waals surface area contributed by atoms with Gasteiger partial charge in [-0.1, -0.05) is 18.2 Å². The largest absolute Gasteiger partial charge is 0.466 e. The summed E-state index contributed by atoms with van der Waals surface area (Å²) in [7, 11) is 0. The summed E-state index contributed by atoms with van der Waals surface area (Å²) >= 11 is 0. The number of esters is 1. The lowest BCUT2D eigenvalue weighted by Gasteiger charge is -2.23. The lowest BCUT2D eigenvalue weighted by Crippen LogP contribution is -2.24. The Morgan fingerprint density at radius 3 is 3.00 bits per heavy atom. The highest BCUT2D eigenvalue weighted by atomic mass is 16.5. The molecule has 92 valence electrons. The number of fused-ring (bicyclic) bond motifs is 1. The van der Waals surface area contributed by atoms with Crippen molar-refractivity contribution >= 4 is 5.97 Å². The van der Waals surface area contributed by atoms with Gasteiger partial charge in [0.25, 0.3) is 0 Å². The van der Waals surface area contributed by atoms with Gasteiger partial charge < -0.3 is 9.84 Å². The Balaban J connectivity index is 2.11. The zero-order valence-electron chi connectivity index (χ0n) is 10.1. The number of hydrogen-bond donors (Lipinski definition) is 1. The van der Waals surface area contributed by atoms with Crippen molar-refractivity contribution in [3.8, 4) is 0 Å². The average molecular weight is 234 g/mol. The lowest BCUT2D eigenvalue weighted by atomic mass is 9.83. The summed E-state index contributed by atoms with van der Waals surface area (Å²) in [4.78, 5) is 11.7. The quantitative estimate of drug-likeness (QED) is 0.812. The third-order valence-corrected chi connectivity index (χ3v) is 3.30. The van der Waals surface area contributed by atoms with Crippen LogP contribution in [0.2, 0.25) is 0 Å². The van der Waals surface area contributed by atoms with Crippen molar-refractivity contribution in [1.29, 1.82) is 0 Å². The highest BCUT2D eigenvalue weighted by molar-refractivity contribution is 5.73. The van der Waals surface area contributed by atoms with E-state index in [1.807, 2.05) is 25.1 Å². The maximum atomic E-state index is 11.7. The van der Waals surface area contributed by atoms with E-state index in [-0.39, 0.29) is 18.5 Å². The van der Waals surface area contributed by atoms with Crippen LogP contribution >= 0.6 is 0 Å². The summed E-state index contributed by atoms with van der Waals surface area (Å²) in [5.74, 6) is -0.0770. The van der Waals surface area contributed by atoms with Crippen molar-refractivity contribution in [2.24, 2.45) is 5.92 Å². The Morgan fingerprint density at radius 1 is 1.47 bits per heavy atom. The maximum Gasteiger partial charge on any atom is 0.309 e. The first-order valence-corrected chi connectivity index (χ1v) is 6.12. The Morgan fingerprint density at radius 2 is 2.29 bits per heavy atom. The molecule has 1 atom stereocenters. The number of aliphatic hydroxyl groups excluding tert-OH is 1. The standard InChI is InChI=1S/C14H18O3/c1-2-17-14(16)13-6-5-11-7-10(9-15)3-4-12(11)8-13/h3-4,7,13,15H,2,5-6,8-9H2,1H3/t13-/m0/s1. The molecule has 0 saturated carbocycles. The van der Waals surface area contributed by atoms with Crippen molar-refractivity contribution in [3.63, 3.8) is 0 Å². The molecule has 3 heteroatoms. The van der Waals surface area contributed by atoms with Crippen LogP contribution in [0.5, 0.6) is 0 Å². The van der Waals surface area contributed by atoms with Crippen LogP contribution in [0, 0.1) is 5.92 Å². The van der Waals surface area contributed by atoms with Crippen LogP contribution in [-0.2, 0) is 29.0 Å². The van der Waals surface area contributed by atoms with E-state index in [9.17, 15) is 4.79 Å². The van der Waals surface area contributed by atoms with E-state index in [4.69, 9.17) is 9.84 Å². The molecule has 1 aliphatic carbocycles. The van der Waals surface area contributed by atoms with Crippen LogP contribution in [0.3, 0.4) is 0 Å². The summed E-state index contributed by atoms with van der Waals surface area (Å²) in [6.45, 7) is 2.36. The minimum Gasteiger partial charge on any atom is -0.466 e. The van der Waals surface area contributed by atoms with Crippen LogP contribution in [0.25, 0.3) is 0 Å². The Bertz CT molecular complexity index is 412. The maximum absolute atomic E-state index is 11.7. The summed E-state index contributed by atoms with van der Waals surface area (Å²) in [6.07, 6.45) is 2.51. The molecule has 0 aromatic heterocycles. The van der Waals surface area contributed by atoms with Crippen LogP contribution in [0.1, 0.15) is 30.0 Å². The molecular formula is C14H18O3.